The number of nitro groups is 2. The number of nitrogens with zero attached hydrogens (tertiary/aromatic N) is 4. The molecule has 10 heteroatoms. The van der Waals surface area contributed by atoms with Gasteiger partial charge in [-0.05, 0) is 12.1 Å². The first-order valence-corrected chi connectivity index (χ1v) is 7.33. The van der Waals surface area contributed by atoms with E-state index in [2.05, 4.69) is 9.98 Å². The van der Waals surface area contributed by atoms with Crippen LogP contribution in [-0.2, 0) is 0 Å². The van der Waals surface area contributed by atoms with Crippen LogP contribution >= 0.6 is 0 Å². The van der Waals surface area contributed by atoms with Crippen LogP contribution in [0.5, 0.6) is 11.5 Å². The Kier molecular flexibility index (Phi) is 5.93. The lowest BCUT2D eigenvalue weighted by atomic mass is 10.2. The molecule has 0 amide bonds. The van der Waals surface area contributed by atoms with Gasteiger partial charge in [0.05, 0.1) is 22.9 Å². The molecule has 0 aromatic heterocycles. The Morgan fingerprint density at radius 3 is 1.54 bits per heavy atom. The number of rotatable bonds is 7. The maximum absolute atomic E-state index is 10.7. The van der Waals surface area contributed by atoms with Crippen molar-refractivity contribution in [3.8, 4) is 11.5 Å². The molecule has 26 heavy (non-hydrogen) atoms. The summed E-state index contributed by atoms with van der Waals surface area (Å²) in [4.78, 5) is 28.3. The van der Waals surface area contributed by atoms with Crippen molar-refractivity contribution in [3.63, 3.8) is 0 Å². The largest absolute Gasteiger partial charge is 0.507 e. The van der Waals surface area contributed by atoms with Crippen molar-refractivity contribution in [2.45, 2.75) is 0 Å². The number of hydrogen-bond donors (Lipinski definition) is 2. The molecule has 0 spiro atoms. The highest BCUT2D eigenvalue weighted by Crippen LogP contribution is 2.22. The van der Waals surface area contributed by atoms with Gasteiger partial charge in [-0.25, -0.2) is 0 Å². The van der Waals surface area contributed by atoms with E-state index in [1.165, 1.54) is 48.8 Å². The lowest BCUT2D eigenvalue weighted by molar-refractivity contribution is -0.385. The normalized spacial score (nSPS) is 11.2. The van der Waals surface area contributed by atoms with Gasteiger partial charge in [0.2, 0.25) is 0 Å². The van der Waals surface area contributed by atoms with Crippen molar-refractivity contribution < 1.29 is 20.1 Å². The van der Waals surface area contributed by atoms with Gasteiger partial charge in [-0.2, -0.15) is 0 Å². The van der Waals surface area contributed by atoms with Gasteiger partial charge in [-0.1, -0.05) is 0 Å². The second-order valence-corrected chi connectivity index (χ2v) is 5.07. The number of nitro benzene ring substituents is 2. The summed E-state index contributed by atoms with van der Waals surface area (Å²) in [7, 11) is 0. The molecule has 2 rings (SSSR count). The predicted molar refractivity (Wildman–Crippen MR) is 94.4 cm³/mol. The monoisotopic (exact) mass is 358 g/mol. The fourth-order valence-corrected chi connectivity index (χ4v) is 1.96. The zero-order chi connectivity index (χ0) is 19.1. The number of aromatic hydroxyl groups is 2. The van der Waals surface area contributed by atoms with E-state index in [1.54, 1.807) is 0 Å². The number of hydrogen-bond acceptors (Lipinski definition) is 8. The number of aliphatic imine (C=N–C) groups is 2. The maximum atomic E-state index is 10.7. The van der Waals surface area contributed by atoms with E-state index in [9.17, 15) is 30.4 Å². The predicted octanol–water partition coefficient (Wildman–Crippen LogP) is 2.45. The maximum Gasteiger partial charge on any atom is 0.270 e. The topological polar surface area (TPSA) is 151 Å². The van der Waals surface area contributed by atoms with E-state index in [0.29, 0.717) is 0 Å². The molecule has 2 aromatic carbocycles. The zero-order valence-electron chi connectivity index (χ0n) is 13.3. The number of phenols is 2. The van der Waals surface area contributed by atoms with Crippen molar-refractivity contribution in [1.82, 2.24) is 0 Å². The second kappa shape index (κ2) is 8.33. The molecule has 0 fully saturated rings. The van der Waals surface area contributed by atoms with E-state index in [0.717, 1.165) is 0 Å². The lowest BCUT2D eigenvalue weighted by Crippen LogP contribution is -1.94. The minimum Gasteiger partial charge on any atom is -0.507 e. The summed E-state index contributed by atoms with van der Waals surface area (Å²) in [5.74, 6) is -0.270. The molecular weight excluding hydrogens is 344 g/mol. The fraction of sp³-hybridized carbons (Fsp3) is 0.125. The van der Waals surface area contributed by atoms with Crippen LogP contribution in [0, 0.1) is 20.2 Å². The molecule has 0 saturated carbocycles. The quantitative estimate of drug-likeness (QED) is 0.336. The molecular formula is C16H14N4O6. The van der Waals surface area contributed by atoms with Crippen molar-refractivity contribution in [2.24, 2.45) is 9.98 Å². The summed E-state index contributed by atoms with van der Waals surface area (Å²) < 4.78 is 0. The van der Waals surface area contributed by atoms with Crippen LogP contribution in [-0.4, -0.2) is 45.6 Å². The molecule has 0 unspecified atom stereocenters. The van der Waals surface area contributed by atoms with Crippen molar-refractivity contribution in [2.75, 3.05) is 13.1 Å². The summed E-state index contributed by atoms with van der Waals surface area (Å²) in [5, 5.41) is 40.7. The third kappa shape index (κ3) is 4.84. The van der Waals surface area contributed by atoms with E-state index in [-0.39, 0.29) is 47.1 Å². The summed E-state index contributed by atoms with van der Waals surface area (Å²) in [6.45, 7) is 0.433. The highest BCUT2D eigenvalue weighted by molar-refractivity contribution is 5.85. The lowest BCUT2D eigenvalue weighted by Gasteiger charge is -1.99. The Morgan fingerprint density at radius 1 is 0.808 bits per heavy atom. The first kappa shape index (κ1) is 18.5. The SMILES string of the molecule is O=[N+]([O-])c1ccc(O)c(C=NCCN=Cc2cc([N+](=O)[O-])ccc2O)c1. The number of phenolic OH excluding ortho intramolecular Hbond substituents is 2. The average molecular weight is 358 g/mol. The van der Waals surface area contributed by atoms with Crippen LogP contribution in [0.15, 0.2) is 46.4 Å². The molecule has 0 saturated heterocycles. The molecule has 0 radical (unpaired) electrons. The van der Waals surface area contributed by atoms with E-state index in [1.807, 2.05) is 0 Å². The third-order valence-corrected chi connectivity index (χ3v) is 3.26. The van der Waals surface area contributed by atoms with E-state index in [4.69, 9.17) is 0 Å². The Labute approximate surface area is 147 Å². The summed E-state index contributed by atoms with van der Waals surface area (Å²) in [5.41, 5.74) is 0.0888. The Bertz CT molecular complexity index is 821. The molecule has 2 aromatic rings. The number of benzene rings is 2. The minimum absolute atomic E-state index is 0.135. The number of non-ortho nitro benzene ring substituents is 2. The smallest absolute Gasteiger partial charge is 0.270 e. The van der Waals surface area contributed by atoms with Crippen molar-refractivity contribution in [3.05, 3.63) is 67.8 Å². The summed E-state index contributed by atoms with van der Waals surface area (Å²) in [6, 6.07) is 7.18. The standard InChI is InChI=1S/C16H14N4O6/c21-15-3-1-13(19(23)24)7-11(15)9-17-5-6-18-10-12-8-14(20(25)26)2-4-16(12)22/h1-4,7-10,21-22H,5-6H2. The highest BCUT2D eigenvalue weighted by Gasteiger charge is 2.09. The summed E-state index contributed by atoms with van der Waals surface area (Å²) >= 11 is 0. The molecule has 0 heterocycles. The molecule has 0 aliphatic heterocycles. The Morgan fingerprint density at radius 2 is 1.19 bits per heavy atom. The minimum atomic E-state index is -0.577. The van der Waals surface area contributed by atoms with Gasteiger partial charge in [0.15, 0.2) is 0 Å². The van der Waals surface area contributed by atoms with Crippen LogP contribution in [0.2, 0.25) is 0 Å². The fourth-order valence-electron chi connectivity index (χ4n) is 1.96. The van der Waals surface area contributed by atoms with Crippen LogP contribution in [0.3, 0.4) is 0 Å². The first-order valence-electron chi connectivity index (χ1n) is 7.33. The molecule has 0 aliphatic carbocycles. The van der Waals surface area contributed by atoms with Gasteiger partial charge in [-0.15, -0.1) is 0 Å². The second-order valence-electron chi connectivity index (χ2n) is 5.07. The molecule has 2 N–H and O–H groups in total. The summed E-state index contributed by atoms with van der Waals surface area (Å²) in [6.07, 6.45) is 2.59. The molecule has 0 atom stereocenters. The van der Waals surface area contributed by atoms with Gasteiger partial charge >= 0.3 is 0 Å². The van der Waals surface area contributed by atoms with Crippen LogP contribution in [0.1, 0.15) is 11.1 Å². The molecule has 134 valence electrons. The Hall–Kier alpha value is -3.82. The van der Waals surface area contributed by atoms with E-state index >= 15 is 0 Å². The van der Waals surface area contributed by atoms with Crippen LogP contribution in [0.25, 0.3) is 0 Å². The highest BCUT2D eigenvalue weighted by atomic mass is 16.6. The van der Waals surface area contributed by atoms with Gasteiger partial charge in [0, 0.05) is 47.8 Å². The van der Waals surface area contributed by atoms with Gasteiger partial charge in [-0.3, -0.25) is 30.2 Å². The van der Waals surface area contributed by atoms with Crippen molar-refractivity contribution in [1.29, 1.82) is 0 Å². The van der Waals surface area contributed by atoms with Gasteiger partial charge in [0.1, 0.15) is 11.5 Å². The zero-order valence-corrected chi connectivity index (χ0v) is 13.3. The molecule has 0 aliphatic rings. The van der Waals surface area contributed by atoms with Crippen LogP contribution in [0.4, 0.5) is 11.4 Å². The van der Waals surface area contributed by atoms with Gasteiger partial charge < -0.3 is 10.2 Å². The average Bonchev–Trinajstić information content (AvgIpc) is 2.60. The first-order chi connectivity index (χ1) is 12.4. The van der Waals surface area contributed by atoms with Crippen molar-refractivity contribution >= 4 is 23.8 Å². The van der Waals surface area contributed by atoms with Gasteiger partial charge in [0.25, 0.3) is 11.4 Å². The van der Waals surface area contributed by atoms with Crippen LogP contribution < -0.4 is 0 Å². The van der Waals surface area contributed by atoms with E-state index < -0.39 is 9.85 Å². The Balaban J connectivity index is 1.97. The molecule has 0 bridgehead atoms. The third-order valence-electron chi connectivity index (χ3n) is 3.26. The molecule has 10 nitrogen and oxygen atoms in total.